The second-order valence-corrected chi connectivity index (χ2v) is 9.51. The Labute approximate surface area is 213 Å². The summed E-state index contributed by atoms with van der Waals surface area (Å²) in [7, 11) is 0. The fraction of sp³-hybridized carbons (Fsp3) is 0.259. The number of rotatable bonds is 6. The molecule has 8 nitrogen and oxygen atoms in total. The van der Waals surface area contributed by atoms with E-state index in [0.29, 0.717) is 10.8 Å². The monoisotopic (exact) mass is 499 g/mol. The third-order valence-electron chi connectivity index (χ3n) is 6.67. The fourth-order valence-corrected chi connectivity index (χ4v) is 5.02. The van der Waals surface area contributed by atoms with Gasteiger partial charge in [0.2, 0.25) is 0 Å². The Bertz CT molecular complexity index is 1510. The van der Waals surface area contributed by atoms with Crippen LogP contribution >= 0.6 is 11.6 Å². The molecule has 0 spiro atoms. The summed E-state index contributed by atoms with van der Waals surface area (Å²) >= 11 is 6.49. The topological polar surface area (TPSA) is 82.2 Å². The molecule has 5 aromatic rings. The lowest BCUT2D eigenvalue weighted by Gasteiger charge is -2.25. The molecule has 0 saturated heterocycles. The van der Waals surface area contributed by atoms with E-state index in [2.05, 4.69) is 38.1 Å². The van der Waals surface area contributed by atoms with Gasteiger partial charge < -0.3 is 10.1 Å². The molecule has 6 rings (SSSR count). The van der Waals surface area contributed by atoms with E-state index in [1.807, 2.05) is 55.7 Å². The molecule has 1 aliphatic rings. The van der Waals surface area contributed by atoms with E-state index in [0.717, 1.165) is 53.2 Å². The van der Waals surface area contributed by atoms with Gasteiger partial charge in [0.1, 0.15) is 17.4 Å². The minimum Gasteiger partial charge on any atom is -0.482 e. The molecule has 6 heterocycles. The molecule has 0 amide bonds. The van der Waals surface area contributed by atoms with Crippen molar-refractivity contribution < 1.29 is 4.74 Å². The Morgan fingerprint density at radius 3 is 2.78 bits per heavy atom. The second kappa shape index (κ2) is 9.37. The van der Waals surface area contributed by atoms with Gasteiger partial charge in [0.25, 0.3) is 0 Å². The molecular formula is C27H26ClN7O. The average Bonchev–Trinajstić information content (AvgIpc) is 3.44. The second-order valence-electron chi connectivity index (χ2n) is 9.10. The largest absolute Gasteiger partial charge is 0.482 e. The first-order valence-electron chi connectivity index (χ1n) is 12.0. The minimum atomic E-state index is -0.260. The lowest BCUT2D eigenvalue weighted by atomic mass is 10.1. The van der Waals surface area contributed by atoms with E-state index in [9.17, 15) is 0 Å². The molecule has 0 fully saturated rings. The number of aromatic nitrogens is 6. The third-order valence-corrected chi connectivity index (χ3v) is 6.94. The van der Waals surface area contributed by atoms with Gasteiger partial charge >= 0.3 is 0 Å². The first-order chi connectivity index (χ1) is 17.6. The smallest absolute Gasteiger partial charge is 0.148 e. The summed E-state index contributed by atoms with van der Waals surface area (Å²) in [5.74, 6) is 0.643. The molecule has 0 saturated carbocycles. The quantitative estimate of drug-likeness (QED) is 0.361. The summed E-state index contributed by atoms with van der Waals surface area (Å²) < 4.78 is 10.3. The Morgan fingerprint density at radius 2 is 2.00 bits per heavy atom. The molecule has 1 N–H and O–H groups in total. The summed E-state index contributed by atoms with van der Waals surface area (Å²) in [6, 6.07) is 14.1. The number of hydrogen-bond acceptors (Lipinski definition) is 6. The fourth-order valence-electron chi connectivity index (χ4n) is 4.79. The van der Waals surface area contributed by atoms with Gasteiger partial charge in [0, 0.05) is 48.9 Å². The first-order valence-corrected chi connectivity index (χ1v) is 12.4. The summed E-state index contributed by atoms with van der Waals surface area (Å²) in [5.41, 5.74) is 6.80. The van der Waals surface area contributed by atoms with Crippen molar-refractivity contribution in [1.82, 2.24) is 34.7 Å². The van der Waals surface area contributed by atoms with Gasteiger partial charge in [0.05, 0.1) is 34.8 Å². The van der Waals surface area contributed by atoms with Gasteiger partial charge in [-0.15, -0.1) is 0 Å². The van der Waals surface area contributed by atoms with Crippen LogP contribution < -0.4 is 10.1 Å². The van der Waals surface area contributed by atoms with Crippen molar-refractivity contribution in [3.63, 3.8) is 0 Å². The van der Waals surface area contributed by atoms with Gasteiger partial charge in [-0.3, -0.25) is 14.6 Å². The van der Waals surface area contributed by atoms with Crippen molar-refractivity contribution in [1.29, 1.82) is 0 Å². The summed E-state index contributed by atoms with van der Waals surface area (Å²) in [6.45, 7) is 5.63. The van der Waals surface area contributed by atoms with Crippen molar-refractivity contribution in [3.05, 3.63) is 94.9 Å². The zero-order chi connectivity index (χ0) is 24.6. The van der Waals surface area contributed by atoms with E-state index >= 15 is 0 Å². The van der Waals surface area contributed by atoms with Crippen LogP contribution in [0.2, 0.25) is 5.02 Å². The highest BCUT2D eigenvalue weighted by atomic mass is 35.5. The van der Waals surface area contributed by atoms with E-state index < -0.39 is 0 Å². The number of nitrogens with zero attached hydrogens (tertiary/aromatic N) is 6. The zero-order valence-electron chi connectivity index (χ0n) is 20.1. The predicted molar refractivity (Wildman–Crippen MR) is 138 cm³/mol. The Hall–Kier alpha value is -3.75. The summed E-state index contributed by atoms with van der Waals surface area (Å²) in [6.07, 6.45) is 7.79. The molecule has 0 radical (unpaired) electrons. The number of nitrogens with one attached hydrogen (secondary N) is 1. The van der Waals surface area contributed by atoms with Gasteiger partial charge in [-0.25, -0.2) is 4.52 Å². The minimum absolute atomic E-state index is 0.260. The Kier molecular flexibility index (Phi) is 5.91. The van der Waals surface area contributed by atoms with Gasteiger partial charge in [-0.05, 0) is 49.7 Å². The van der Waals surface area contributed by atoms with Gasteiger partial charge in [-0.1, -0.05) is 23.7 Å². The molecule has 9 heteroatoms. The molecule has 36 heavy (non-hydrogen) atoms. The number of fused-ring (bicyclic) bond motifs is 2. The highest BCUT2D eigenvalue weighted by Crippen LogP contribution is 2.36. The molecule has 2 atom stereocenters. The average molecular weight is 500 g/mol. The maximum atomic E-state index is 6.49. The van der Waals surface area contributed by atoms with Crippen molar-refractivity contribution in [2.45, 2.75) is 45.5 Å². The molecule has 1 unspecified atom stereocenters. The van der Waals surface area contributed by atoms with Crippen LogP contribution in [0.5, 0.6) is 5.75 Å². The van der Waals surface area contributed by atoms with Crippen LogP contribution in [0.15, 0.2) is 67.3 Å². The maximum Gasteiger partial charge on any atom is 0.148 e. The SMILES string of the molecule is Cc1c(-c2cc(O[C@H](C)c3ccccn3)c3c(Cl)cnn3c2)nn2c1CNC(Cc1ccccn1)C2. The number of hydrogen-bond donors (Lipinski definition) is 1. The Morgan fingerprint density at radius 1 is 1.17 bits per heavy atom. The highest BCUT2D eigenvalue weighted by Gasteiger charge is 2.25. The predicted octanol–water partition coefficient (Wildman–Crippen LogP) is 4.80. The summed E-state index contributed by atoms with van der Waals surface area (Å²) in [4.78, 5) is 8.91. The lowest BCUT2D eigenvalue weighted by Crippen LogP contribution is -2.40. The zero-order valence-corrected chi connectivity index (χ0v) is 20.9. The molecular weight excluding hydrogens is 474 g/mol. The van der Waals surface area contributed by atoms with Gasteiger partial charge in [-0.2, -0.15) is 10.2 Å². The first kappa shape index (κ1) is 22.7. The van der Waals surface area contributed by atoms with E-state index in [1.165, 1.54) is 5.69 Å². The molecule has 5 aromatic heterocycles. The molecule has 0 aliphatic carbocycles. The molecule has 0 bridgehead atoms. The van der Waals surface area contributed by atoms with Crippen LogP contribution in [0.4, 0.5) is 0 Å². The van der Waals surface area contributed by atoms with Crippen molar-refractivity contribution in [3.8, 4) is 17.0 Å². The Balaban J connectivity index is 1.33. The van der Waals surface area contributed by atoms with Crippen LogP contribution in [0.25, 0.3) is 16.8 Å². The number of halogens is 1. The van der Waals surface area contributed by atoms with Crippen LogP contribution in [-0.4, -0.2) is 35.4 Å². The standard InChI is InChI=1S/C27H26ClN7O/c1-17-24-14-31-21(12-20-7-3-5-9-29-20)16-34(24)33-26(17)19-11-25(27-22(28)13-32-35(27)15-19)36-18(2)23-8-4-6-10-30-23/h3-11,13,15,18,21,31H,12,14,16H2,1-2H3/t18-,21?/m1/s1. The van der Waals surface area contributed by atoms with E-state index in [4.69, 9.17) is 21.4 Å². The number of ether oxygens (including phenoxy) is 1. The molecule has 0 aromatic carbocycles. The summed E-state index contributed by atoms with van der Waals surface area (Å²) in [5, 5.41) is 13.7. The third kappa shape index (κ3) is 4.23. The maximum absolute atomic E-state index is 6.49. The molecule has 1 aliphatic heterocycles. The van der Waals surface area contributed by atoms with E-state index in [1.54, 1.807) is 16.9 Å². The number of pyridine rings is 3. The van der Waals surface area contributed by atoms with Crippen LogP contribution in [0.3, 0.4) is 0 Å². The van der Waals surface area contributed by atoms with Gasteiger partial charge in [0.15, 0.2) is 0 Å². The van der Waals surface area contributed by atoms with E-state index in [-0.39, 0.29) is 12.1 Å². The normalized spacial score (nSPS) is 16.1. The highest BCUT2D eigenvalue weighted by molar-refractivity contribution is 6.34. The lowest BCUT2D eigenvalue weighted by molar-refractivity contribution is 0.224. The van der Waals surface area contributed by atoms with Crippen molar-refractivity contribution in [2.24, 2.45) is 0 Å². The van der Waals surface area contributed by atoms with Crippen LogP contribution in [0.1, 0.15) is 35.7 Å². The van der Waals surface area contributed by atoms with Crippen LogP contribution in [0, 0.1) is 6.92 Å². The van der Waals surface area contributed by atoms with Crippen LogP contribution in [-0.2, 0) is 19.5 Å². The molecule has 182 valence electrons. The van der Waals surface area contributed by atoms with Crippen molar-refractivity contribution >= 4 is 17.1 Å². The van der Waals surface area contributed by atoms with Crippen molar-refractivity contribution in [2.75, 3.05) is 0 Å².